The standard InChI is InChI=1S/C8H7NO3S/c10-8-12-6-2-1-5(4-9-11)3-7(6)13-8/h1-3,9,11H,4H2. The summed E-state index contributed by atoms with van der Waals surface area (Å²) in [7, 11) is 0. The lowest BCUT2D eigenvalue weighted by Crippen LogP contribution is -2.05. The van der Waals surface area contributed by atoms with Crippen LogP contribution >= 0.6 is 11.3 Å². The normalized spacial score (nSPS) is 10.8. The molecule has 0 aliphatic carbocycles. The zero-order valence-electron chi connectivity index (χ0n) is 6.61. The second-order valence-corrected chi connectivity index (χ2v) is 3.55. The molecule has 0 aliphatic heterocycles. The molecule has 4 nitrogen and oxygen atoms in total. The van der Waals surface area contributed by atoms with Crippen molar-refractivity contribution in [3.63, 3.8) is 0 Å². The lowest BCUT2D eigenvalue weighted by Gasteiger charge is -1.96. The van der Waals surface area contributed by atoms with Crippen LogP contribution in [-0.4, -0.2) is 5.21 Å². The molecule has 1 aromatic carbocycles. The van der Waals surface area contributed by atoms with Gasteiger partial charge >= 0.3 is 4.94 Å². The predicted octanol–water partition coefficient (Wildman–Crippen LogP) is 1.33. The van der Waals surface area contributed by atoms with Crippen LogP contribution in [0.25, 0.3) is 10.3 Å². The Hall–Kier alpha value is -1.17. The van der Waals surface area contributed by atoms with Crippen molar-refractivity contribution in [3.05, 3.63) is 33.5 Å². The van der Waals surface area contributed by atoms with E-state index in [2.05, 4.69) is 5.48 Å². The van der Waals surface area contributed by atoms with Gasteiger partial charge in [0, 0.05) is 6.54 Å². The summed E-state index contributed by atoms with van der Waals surface area (Å²) in [4.78, 5) is 10.5. The highest BCUT2D eigenvalue weighted by Crippen LogP contribution is 2.18. The fraction of sp³-hybridized carbons (Fsp3) is 0.125. The third kappa shape index (κ3) is 1.62. The van der Waals surface area contributed by atoms with E-state index in [0.717, 1.165) is 21.6 Å². The van der Waals surface area contributed by atoms with E-state index in [4.69, 9.17) is 9.62 Å². The topological polar surface area (TPSA) is 62.5 Å². The summed E-state index contributed by atoms with van der Waals surface area (Å²) in [5.41, 5.74) is 3.55. The molecule has 68 valence electrons. The van der Waals surface area contributed by atoms with Crippen molar-refractivity contribution < 1.29 is 9.62 Å². The fourth-order valence-electron chi connectivity index (χ4n) is 1.12. The van der Waals surface area contributed by atoms with Crippen LogP contribution in [0.1, 0.15) is 5.56 Å². The van der Waals surface area contributed by atoms with Gasteiger partial charge in [0.2, 0.25) is 0 Å². The molecule has 0 aliphatic rings. The van der Waals surface area contributed by atoms with Crippen LogP contribution in [0.4, 0.5) is 0 Å². The second kappa shape index (κ2) is 3.29. The largest absolute Gasteiger partial charge is 0.414 e. The Morgan fingerprint density at radius 1 is 1.54 bits per heavy atom. The van der Waals surface area contributed by atoms with Gasteiger partial charge in [0.1, 0.15) is 5.58 Å². The molecule has 0 spiro atoms. The molecule has 1 aromatic heterocycles. The van der Waals surface area contributed by atoms with Crippen LogP contribution < -0.4 is 10.4 Å². The first-order chi connectivity index (χ1) is 6.29. The van der Waals surface area contributed by atoms with Gasteiger partial charge in [-0.3, -0.25) is 0 Å². The Morgan fingerprint density at radius 2 is 2.38 bits per heavy atom. The summed E-state index contributed by atoms with van der Waals surface area (Å²) in [5.74, 6) is 0. The Kier molecular flexibility index (Phi) is 2.13. The highest BCUT2D eigenvalue weighted by Gasteiger charge is 2.01. The van der Waals surface area contributed by atoms with Gasteiger partial charge in [-0.25, -0.2) is 10.3 Å². The maximum Gasteiger partial charge on any atom is 0.396 e. The predicted molar refractivity (Wildman–Crippen MR) is 49.0 cm³/mol. The van der Waals surface area contributed by atoms with Crippen molar-refractivity contribution in [1.82, 2.24) is 5.48 Å². The Bertz CT molecular complexity index is 473. The molecular formula is C8H7NO3S. The smallest absolute Gasteiger partial charge is 0.396 e. The minimum Gasteiger partial charge on any atom is -0.414 e. The van der Waals surface area contributed by atoms with Crippen LogP contribution in [0, 0.1) is 0 Å². The number of hydroxylamine groups is 1. The Balaban J connectivity index is 2.54. The molecule has 0 radical (unpaired) electrons. The van der Waals surface area contributed by atoms with E-state index >= 15 is 0 Å². The molecule has 0 amide bonds. The summed E-state index contributed by atoms with van der Waals surface area (Å²) in [6.45, 7) is 0.363. The van der Waals surface area contributed by atoms with E-state index in [-0.39, 0.29) is 4.94 Å². The van der Waals surface area contributed by atoms with E-state index in [0.29, 0.717) is 12.1 Å². The van der Waals surface area contributed by atoms with Gasteiger partial charge < -0.3 is 9.62 Å². The van der Waals surface area contributed by atoms with Crippen LogP contribution in [-0.2, 0) is 6.54 Å². The van der Waals surface area contributed by atoms with Crippen molar-refractivity contribution in [2.75, 3.05) is 0 Å². The molecule has 2 aromatic rings. The summed E-state index contributed by atoms with van der Waals surface area (Å²) in [5, 5.41) is 8.47. The van der Waals surface area contributed by atoms with Gasteiger partial charge in [-0.2, -0.15) is 0 Å². The van der Waals surface area contributed by atoms with Crippen molar-refractivity contribution in [2.24, 2.45) is 0 Å². The molecule has 13 heavy (non-hydrogen) atoms. The molecule has 0 atom stereocenters. The highest BCUT2D eigenvalue weighted by atomic mass is 32.1. The molecule has 0 saturated heterocycles. The average Bonchev–Trinajstić information content (AvgIpc) is 2.44. The van der Waals surface area contributed by atoms with E-state index in [1.54, 1.807) is 12.1 Å². The molecule has 0 fully saturated rings. The van der Waals surface area contributed by atoms with Gasteiger partial charge in [-0.15, -0.1) is 0 Å². The number of benzene rings is 1. The quantitative estimate of drug-likeness (QED) is 0.713. The summed E-state index contributed by atoms with van der Waals surface area (Å²) >= 11 is 1.06. The SMILES string of the molecule is O=c1oc2ccc(CNO)cc2s1. The van der Waals surface area contributed by atoms with E-state index < -0.39 is 0 Å². The lowest BCUT2D eigenvalue weighted by molar-refractivity contribution is 0.161. The van der Waals surface area contributed by atoms with Crippen molar-refractivity contribution >= 4 is 21.6 Å². The minimum absolute atomic E-state index is 0.302. The first-order valence-electron chi connectivity index (χ1n) is 3.69. The number of hydrogen-bond acceptors (Lipinski definition) is 5. The molecule has 1 heterocycles. The first-order valence-corrected chi connectivity index (χ1v) is 4.51. The lowest BCUT2D eigenvalue weighted by atomic mass is 10.2. The number of rotatable bonds is 2. The summed E-state index contributed by atoms with van der Waals surface area (Å²) < 4.78 is 5.68. The summed E-state index contributed by atoms with van der Waals surface area (Å²) in [6.07, 6.45) is 0. The molecule has 5 heteroatoms. The van der Waals surface area contributed by atoms with Gasteiger partial charge in [-0.1, -0.05) is 17.4 Å². The fourth-order valence-corrected chi connectivity index (χ4v) is 1.85. The number of nitrogens with one attached hydrogen (secondary N) is 1. The van der Waals surface area contributed by atoms with Gasteiger partial charge in [0.05, 0.1) is 4.70 Å². The zero-order chi connectivity index (χ0) is 9.26. The van der Waals surface area contributed by atoms with E-state index in [1.807, 2.05) is 6.07 Å². The summed E-state index contributed by atoms with van der Waals surface area (Å²) in [6, 6.07) is 5.33. The van der Waals surface area contributed by atoms with Crippen LogP contribution in [0.15, 0.2) is 27.4 Å². The molecular weight excluding hydrogens is 190 g/mol. The van der Waals surface area contributed by atoms with Crippen LogP contribution in [0.3, 0.4) is 0 Å². The van der Waals surface area contributed by atoms with Crippen LogP contribution in [0.5, 0.6) is 0 Å². The molecule has 2 rings (SSSR count). The molecule has 0 unspecified atom stereocenters. The number of fused-ring (bicyclic) bond motifs is 1. The van der Waals surface area contributed by atoms with Crippen molar-refractivity contribution in [3.8, 4) is 0 Å². The monoisotopic (exact) mass is 197 g/mol. The number of hydrogen-bond donors (Lipinski definition) is 2. The molecule has 2 N–H and O–H groups in total. The second-order valence-electron chi connectivity index (χ2n) is 2.57. The third-order valence-corrected chi connectivity index (χ3v) is 2.47. The van der Waals surface area contributed by atoms with E-state index in [1.165, 1.54) is 0 Å². The Morgan fingerprint density at radius 3 is 3.15 bits per heavy atom. The van der Waals surface area contributed by atoms with Gasteiger partial charge in [0.25, 0.3) is 0 Å². The average molecular weight is 197 g/mol. The third-order valence-electron chi connectivity index (χ3n) is 1.68. The van der Waals surface area contributed by atoms with Crippen molar-refractivity contribution in [1.29, 1.82) is 0 Å². The van der Waals surface area contributed by atoms with Crippen LogP contribution in [0.2, 0.25) is 0 Å². The van der Waals surface area contributed by atoms with Crippen molar-refractivity contribution in [2.45, 2.75) is 6.54 Å². The minimum atomic E-state index is -0.302. The van der Waals surface area contributed by atoms with E-state index in [9.17, 15) is 4.79 Å². The first kappa shape index (κ1) is 8.43. The Labute approximate surface area is 77.4 Å². The van der Waals surface area contributed by atoms with Gasteiger partial charge in [-0.05, 0) is 17.7 Å². The maximum absolute atomic E-state index is 10.8. The van der Waals surface area contributed by atoms with Gasteiger partial charge in [0.15, 0.2) is 0 Å². The molecule has 0 bridgehead atoms. The highest BCUT2D eigenvalue weighted by molar-refractivity contribution is 7.16. The zero-order valence-corrected chi connectivity index (χ0v) is 7.43. The maximum atomic E-state index is 10.8. The molecule has 0 saturated carbocycles.